The van der Waals surface area contributed by atoms with E-state index in [4.69, 9.17) is 4.74 Å². The number of carbonyl (C=O) groups is 1. The number of hydrogen-bond acceptors (Lipinski definition) is 4. The van der Waals surface area contributed by atoms with Crippen molar-refractivity contribution in [3.05, 3.63) is 32.0 Å². The second kappa shape index (κ2) is 4.62. The lowest BCUT2D eigenvalue weighted by Crippen LogP contribution is -2.15. The van der Waals surface area contributed by atoms with Crippen LogP contribution in [0.15, 0.2) is 21.5 Å². The summed E-state index contributed by atoms with van der Waals surface area (Å²) in [6.07, 6.45) is 1.69. The summed E-state index contributed by atoms with van der Waals surface area (Å²) in [5, 5.41) is 0.537. The summed E-state index contributed by atoms with van der Waals surface area (Å²) in [7, 11) is 1.67. The maximum atomic E-state index is 11.9. The van der Waals surface area contributed by atoms with E-state index in [1.807, 2.05) is 0 Å². The molecule has 0 spiro atoms. The minimum Gasteiger partial charge on any atom is -0.462 e. The number of carbonyl (C=O) groups excluding carboxylic acids is 1. The van der Waals surface area contributed by atoms with Crippen LogP contribution in [0.5, 0.6) is 0 Å². The van der Waals surface area contributed by atoms with E-state index >= 15 is 0 Å². The van der Waals surface area contributed by atoms with E-state index < -0.39 is 0 Å². The molecule has 0 aliphatic carbocycles. The number of halogens is 1. The normalized spacial score (nSPS) is 10.8. The van der Waals surface area contributed by atoms with Crippen LogP contribution in [0.2, 0.25) is 0 Å². The molecule has 2 rings (SSSR count). The SMILES string of the molecule is CCOC(=O)c1cc2c(=O)n(C)cc(Br)c2s1. The molecule has 2 aromatic heterocycles. The van der Waals surface area contributed by atoms with Crippen molar-refractivity contribution in [2.45, 2.75) is 6.92 Å². The number of aryl methyl sites for hydroxylation is 1. The summed E-state index contributed by atoms with van der Waals surface area (Å²) >= 11 is 4.64. The maximum absolute atomic E-state index is 11.9. The van der Waals surface area contributed by atoms with Crippen LogP contribution < -0.4 is 5.56 Å². The Kier molecular flexibility index (Phi) is 3.35. The number of hydrogen-bond donors (Lipinski definition) is 0. The van der Waals surface area contributed by atoms with Crippen molar-refractivity contribution in [1.29, 1.82) is 0 Å². The maximum Gasteiger partial charge on any atom is 0.348 e. The molecule has 0 unspecified atom stereocenters. The standard InChI is InChI=1S/C11H10BrNO3S/c1-3-16-11(15)8-4-6-9(17-8)7(12)5-13(2)10(6)14/h4-5H,3H2,1-2H3. The van der Waals surface area contributed by atoms with Gasteiger partial charge in [0.2, 0.25) is 0 Å². The fourth-order valence-corrected chi connectivity index (χ4v) is 3.22. The van der Waals surface area contributed by atoms with Gasteiger partial charge in [-0.2, -0.15) is 0 Å². The second-order valence-corrected chi connectivity index (χ2v) is 5.37. The van der Waals surface area contributed by atoms with Crippen molar-refractivity contribution in [3.8, 4) is 0 Å². The van der Waals surface area contributed by atoms with Gasteiger partial charge in [0, 0.05) is 13.2 Å². The van der Waals surface area contributed by atoms with Gasteiger partial charge >= 0.3 is 5.97 Å². The van der Waals surface area contributed by atoms with Crippen molar-refractivity contribution >= 4 is 43.3 Å². The topological polar surface area (TPSA) is 48.3 Å². The second-order valence-electron chi connectivity index (χ2n) is 3.47. The molecule has 90 valence electrons. The number of thiophene rings is 1. The lowest BCUT2D eigenvalue weighted by Gasteiger charge is -1.98. The molecule has 0 aromatic carbocycles. The van der Waals surface area contributed by atoms with Gasteiger partial charge in [-0.25, -0.2) is 4.79 Å². The molecule has 4 nitrogen and oxygen atoms in total. The van der Waals surface area contributed by atoms with Gasteiger partial charge in [-0.05, 0) is 28.9 Å². The highest BCUT2D eigenvalue weighted by molar-refractivity contribution is 9.10. The van der Waals surface area contributed by atoms with Crippen LogP contribution in [-0.4, -0.2) is 17.1 Å². The van der Waals surface area contributed by atoms with Gasteiger partial charge in [-0.3, -0.25) is 4.79 Å². The first-order valence-electron chi connectivity index (χ1n) is 5.00. The van der Waals surface area contributed by atoms with Crippen molar-refractivity contribution < 1.29 is 9.53 Å². The van der Waals surface area contributed by atoms with E-state index in [0.717, 1.165) is 9.17 Å². The third-order valence-electron chi connectivity index (χ3n) is 2.28. The first-order chi connectivity index (χ1) is 8.04. The molecule has 0 N–H and O–H groups in total. The Hall–Kier alpha value is -1.14. The minimum atomic E-state index is -0.386. The fraction of sp³-hybridized carbons (Fsp3) is 0.273. The Morgan fingerprint density at radius 3 is 2.94 bits per heavy atom. The molecule has 2 heterocycles. The van der Waals surface area contributed by atoms with Crippen LogP contribution in [0.1, 0.15) is 16.6 Å². The van der Waals surface area contributed by atoms with Gasteiger partial charge in [0.15, 0.2) is 0 Å². The summed E-state index contributed by atoms with van der Waals surface area (Å²) in [4.78, 5) is 23.9. The molecule has 0 amide bonds. The Labute approximate surface area is 110 Å². The average Bonchev–Trinajstić information content (AvgIpc) is 2.72. The number of nitrogens with zero attached hydrogens (tertiary/aromatic N) is 1. The third kappa shape index (κ3) is 2.14. The van der Waals surface area contributed by atoms with E-state index in [9.17, 15) is 9.59 Å². The van der Waals surface area contributed by atoms with Crippen LogP contribution in [0, 0.1) is 0 Å². The molecule has 0 saturated carbocycles. The molecule has 2 aromatic rings. The van der Waals surface area contributed by atoms with Crippen LogP contribution in [-0.2, 0) is 11.8 Å². The summed E-state index contributed by atoms with van der Waals surface area (Å²) in [5.74, 6) is -0.386. The molecule has 17 heavy (non-hydrogen) atoms. The average molecular weight is 316 g/mol. The van der Waals surface area contributed by atoms with Crippen LogP contribution in [0.4, 0.5) is 0 Å². The van der Waals surface area contributed by atoms with Crippen molar-refractivity contribution in [2.75, 3.05) is 6.61 Å². The van der Waals surface area contributed by atoms with Gasteiger partial charge in [0.05, 0.1) is 21.2 Å². The monoisotopic (exact) mass is 315 g/mol. The highest BCUT2D eigenvalue weighted by Crippen LogP contribution is 2.30. The number of esters is 1. The lowest BCUT2D eigenvalue weighted by atomic mass is 10.3. The summed E-state index contributed by atoms with van der Waals surface area (Å²) in [6, 6.07) is 1.59. The summed E-state index contributed by atoms with van der Waals surface area (Å²) < 4.78 is 7.97. The van der Waals surface area contributed by atoms with Gasteiger partial charge in [-0.15, -0.1) is 11.3 Å². The van der Waals surface area contributed by atoms with Gasteiger partial charge in [0.1, 0.15) is 4.88 Å². The molecular weight excluding hydrogens is 306 g/mol. The molecular formula is C11H10BrNO3S. The molecule has 0 bridgehead atoms. The lowest BCUT2D eigenvalue weighted by molar-refractivity contribution is 0.0532. The molecule has 0 aliphatic heterocycles. The Morgan fingerprint density at radius 2 is 2.29 bits per heavy atom. The molecule has 0 saturated heterocycles. The van der Waals surface area contributed by atoms with Crippen molar-refractivity contribution in [1.82, 2.24) is 4.57 Å². The molecule has 0 atom stereocenters. The van der Waals surface area contributed by atoms with Gasteiger partial charge in [0.25, 0.3) is 5.56 Å². The summed E-state index contributed by atoms with van der Waals surface area (Å²) in [6.45, 7) is 2.08. The molecule has 0 fully saturated rings. The first-order valence-corrected chi connectivity index (χ1v) is 6.61. The quantitative estimate of drug-likeness (QED) is 0.800. The Balaban J connectivity index is 2.65. The number of ether oxygens (including phenoxy) is 1. The number of fused-ring (bicyclic) bond motifs is 1. The van der Waals surface area contributed by atoms with E-state index in [1.165, 1.54) is 15.9 Å². The first kappa shape index (κ1) is 12.3. The zero-order valence-electron chi connectivity index (χ0n) is 9.32. The highest BCUT2D eigenvalue weighted by atomic mass is 79.9. The minimum absolute atomic E-state index is 0.116. The third-order valence-corrected chi connectivity index (χ3v) is 4.30. The molecule has 0 radical (unpaired) electrons. The zero-order valence-corrected chi connectivity index (χ0v) is 11.7. The fourth-order valence-electron chi connectivity index (χ4n) is 1.51. The number of pyridine rings is 1. The van der Waals surface area contributed by atoms with Crippen LogP contribution in [0.3, 0.4) is 0 Å². The number of rotatable bonds is 2. The highest BCUT2D eigenvalue weighted by Gasteiger charge is 2.15. The Bertz CT molecular complexity index is 644. The Morgan fingerprint density at radius 1 is 1.59 bits per heavy atom. The van der Waals surface area contributed by atoms with Crippen molar-refractivity contribution in [2.24, 2.45) is 7.05 Å². The molecule has 0 aliphatic rings. The van der Waals surface area contributed by atoms with Crippen molar-refractivity contribution in [3.63, 3.8) is 0 Å². The predicted octanol–water partition coefficient (Wildman–Crippen LogP) is 2.54. The summed E-state index contributed by atoms with van der Waals surface area (Å²) in [5.41, 5.74) is -0.116. The van der Waals surface area contributed by atoms with E-state index in [1.54, 1.807) is 26.2 Å². The van der Waals surface area contributed by atoms with Gasteiger partial charge in [-0.1, -0.05) is 0 Å². The van der Waals surface area contributed by atoms with E-state index in [0.29, 0.717) is 16.9 Å². The largest absolute Gasteiger partial charge is 0.462 e. The van der Waals surface area contributed by atoms with E-state index in [2.05, 4.69) is 15.9 Å². The van der Waals surface area contributed by atoms with E-state index in [-0.39, 0.29) is 11.5 Å². The smallest absolute Gasteiger partial charge is 0.348 e. The van der Waals surface area contributed by atoms with Crippen LogP contribution in [0.25, 0.3) is 10.1 Å². The number of aromatic nitrogens is 1. The van der Waals surface area contributed by atoms with Crippen LogP contribution >= 0.6 is 27.3 Å². The van der Waals surface area contributed by atoms with Gasteiger partial charge < -0.3 is 9.30 Å². The predicted molar refractivity (Wildman–Crippen MR) is 70.7 cm³/mol. The molecule has 6 heteroatoms. The zero-order chi connectivity index (χ0) is 12.6.